The molecule has 4 N–H and O–H groups in total. The van der Waals surface area contributed by atoms with E-state index in [2.05, 4.69) is 10.6 Å². The second kappa shape index (κ2) is 12.0. The van der Waals surface area contributed by atoms with Gasteiger partial charge < -0.3 is 25.8 Å². The highest BCUT2D eigenvalue weighted by Gasteiger charge is 2.25. The maximum absolute atomic E-state index is 12.7. The van der Waals surface area contributed by atoms with Crippen LogP contribution in [0.5, 0.6) is 11.5 Å². The van der Waals surface area contributed by atoms with Gasteiger partial charge in [-0.15, -0.1) is 12.4 Å². The number of halogens is 1. The van der Waals surface area contributed by atoms with Crippen molar-refractivity contribution in [1.82, 2.24) is 10.6 Å². The summed E-state index contributed by atoms with van der Waals surface area (Å²) in [5, 5.41) is 5.63. The van der Waals surface area contributed by atoms with Gasteiger partial charge in [0.1, 0.15) is 17.5 Å². The van der Waals surface area contributed by atoms with Crippen molar-refractivity contribution in [1.29, 1.82) is 0 Å². The first-order chi connectivity index (χ1) is 13.8. The number of ether oxygens (including phenoxy) is 2. The molecule has 0 saturated carbocycles. The van der Waals surface area contributed by atoms with Crippen LogP contribution in [0.1, 0.15) is 35.8 Å². The van der Waals surface area contributed by atoms with E-state index in [4.69, 9.17) is 15.2 Å². The molecule has 7 nitrogen and oxygen atoms in total. The topological polar surface area (TPSA) is 103 Å². The summed E-state index contributed by atoms with van der Waals surface area (Å²) >= 11 is 0. The predicted molar refractivity (Wildman–Crippen MR) is 119 cm³/mol. The Kier molecular flexibility index (Phi) is 10.1. The van der Waals surface area contributed by atoms with Gasteiger partial charge in [0.15, 0.2) is 0 Å². The number of amides is 2. The van der Waals surface area contributed by atoms with Crippen molar-refractivity contribution in [3.05, 3.63) is 59.7 Å². The van der Waals surface area contributed by atoms with Crippen LogP contribution < -0.4 is 25.8 Å². The first-order valence-corrected chi connectivity index (χ1v) is 9.47. The minimum absolute atomic E-state index is 0. The molecule has 164 valence electrons. The van der Waals surface area contributed by atoms with Gasteiger partial charge in [0.05, 0.1) is 14.2 Å². The smallest absolute Gasteiger partial charge is 0.252 e. The van der Waals surface area contributed by atoms with Gasteiger partial charge in [0.25, 0.3) is 5.91 Å². The molecule has 0 bridgehead atoms. The summed E-state index contributed by atoms with van der Waals surface area (Å²) in [6.07, 6.45) is 0. The van der Waals surface area contributed by atoms with Crippen molar-refractivity contribution in [2.75, 3.05) is 20.8 Å². The Hall–Kier alpha value is -2.77. The average molecular weight is 436 g/mol. The first-order valence-electron chi connectivity index (χ1n) is 9.47. The molecule has 8 heteroatoms. The largest absolute Gasteiger partial charge is 0.497 e. The van der Waals surface area contributed by atoms with E-state index in [0.29, 0.717) is 17.1 Å². The van der Waals surface area contributed by atoms with E-state index in [-0.39, 0.29) is 42.7 Å². The second-order valence-electron chi connectivity index (χ2n) is 7.06. The molecule has 2 rings (SSSR count). The van der Waals surface area contributed by atoms with Crippen LogP contribution in [0, 0.1) is 5.92 Å². The number of nitrogens with one attached hydrogen (secondary N) is 2. The number of rotatable bonds is 9. The lowest BCUT2D eigenvalue weighted by Crippen LogP contribution is -2.50. The van der Waals surface area contributed by atoms with Crippen LogP contribution in [-0.2, 0) is 4.79 Å². The van der Waals surface area contributed by atoms with Gasteiger partial charge in [-0.3, -0.25) is 9.59 Å². The van der Waals surface area contributed by atoms with Crippen molar-refractivity contribution in [2.45, 2.75) is 25.9 Å². The molecular formula is C22H30ClN3O4. The van der Waals surface area contributed by atoms with Crippen molar-refractivity contribution in [2.24, 2.45) is 11.7 Å². The standard InChI is InChI=1S/C22H29N3O4.ClH/c1-14(2)20(22(27)24-13-19(23)15-8-6-5-7-9-15)25-21(26)16-10-17(28-3)12-18(11-16)29-4;/h5-12,14,19-20H,13,23H2,1-4H3,(H,24,27)(H,25,26);1H. The van der Waals surface area contributed by atoms with E-state index in [1.165, 1.54) is 14.2 Å². The average Bonchev–Trinajstić information content (AvgIpc) is 2.75. The molecule has 2 unspecified atom stereocenters. The van der Waals surface area contributed by atoms with Crippen molar-refractivity contribution < 1.29 is 19.1 Å². The van der Waals surface area contributed by atoms with E-state index in [9.17, 15) is 9.59 Å². The van der Waals surface area contributed by atoms with Crippen LogP contribution in [0.2, 0.25) is 0 Å². The Balaban J connectivity index is 0.00000450. The van der Waals surface area contributed by atoms with E-state index in [1.807, 2.05) is 44.2 Å². The molecule has 0 fully saturated rings. The molecule has 0 heterocycles. The van der Waals surface area contributed by atoms with Crippen molar-refractivity contribution in [3.8, 4) is 11.5 Å². The van der Waals surface area contributed by atoms with Gasteiger partial charge in [-0.05, 0) is 23.6 Å². The third-order valence-electron chi connectivity index (χ3n) is 4.57. The summed E-state index contributed by atoms with van der Waals surface area (Å²) < 4.78 is 10.4. The number of nitrogens with two attached hydrogens (primary N) is 1. The molecule has 0 aliphatic carbocycles. The number of carbonyl (C=O) groups excluding carboxylic acids is 2. The molecule has 0 radical (unpaired) electrons. The Morgan fingerprint density at radius 3 is 2.07 bits per heavy atom. The Morgan fingerprint density at radius 1 is 1.00 bits per heavy atom. The Labute approximate surface area is 183 Å². The molecular weight excluding hydrogens is 406 g/mol. The van der Waals surface area contributed by atoms with Crippen molar-refractivity contribution in [3.63, 3.8) is 0 Å². The molecule has 0 aliphatic rings. The Bertz CT molecular complexity index is 808. The highest BCUT2D eigenvalue weighted by Crippen LogP contribution is 2.22. The maximum atomic E-state index is 12.7. The van der Waals surface area contributed by atoms with E-state index in [0.717, 1.165) is 5.56 Å². The number of carbonyl (C=O) groups is 2. The van der Waals surface area contributed by atoms with Crippen LogP contribution in [0.3, 0.4) is 0 Å². The summed E-state index contributed by atoms with van der Waals surface area (Å²) in [5.74, 6) is 0.208. The molecule has 0 spiro atoms. The van der Waals surface area contributed by atoms with Crippen LogP contribution in [-0.4, -0.2) is 38.6 Å². The van der Waals surface area contributed by atoms with Gasteiger partial charge in [-0.1, -0.05) is 44.2 Å². The van der Waals surface area contributed by atoms with Crippen molar-refractivity contribution >= 4 is 24.2 Å². The SMILES string of the molecule is COc1cc(OC)cc(C(=O)NC(C(=O)NCC(N)c2ccccc2)C(C)C)c1.Cl. The first kappa shape index (κ1) is 25.3. The molecule has 30 heavy (non-hydrogen) atoms. The summed E-state index contributed by atoms with van der Waals surface area (Å²) in [6.45, 7) is 4.01. The quantitative estimate of drug-likeness (QED) is 0.562. The van der Waals surface area contributed by atoms with Crippen LogP contribution >= 0.6 is 12.4 Å². The summed E-state index contributed by atoms with van der Waals surface area (Å²) in [7, 11) is 3.02. The van der Waals surface area contributed by atoms with Gasteiger partial charge in [-0.25, -0.2) is 0 Å². The highest BCUT2D eigenvalue weighted by atomic mass is 35.5. The zero-order valence-corrected chi connectivity index (χ0v) is 18.5. The maximum Gasteiger partial charge on any atom is 0.252 e. The fourth-order valence-corrected chi connectivity index (χ4v) is 2.84. The molecule has 0 aliphatic heterocycles. The number of hydrogen-bond donors (Lipinski definition) is 3. The molecule has 0 aromatic heterocycles. The monoisotopic (exact) mass is 435 g/mol. The molecule has 2 aromatic carbocycles. The molecule has 0 saturated heterocycles. The molecule has 2 amide bonds. The third-order valence-corrected chi connectivity index (χ3v) is 4.57. The fraction of sp³-hybridized carbons (Fsp3) is 0.364. The molecule has 2 atom stereocenters. The summed E-state index contributed by atoms with van der Waals surface area (Å²) in [6, 6.07) is 13.4. The van der Waals surface area contributed by atoms with Crippen LogP contribution in [0.25, 0.3) is 0 Å². The van der Waals surface area contributed by atoms with Crippen LogP contribution in [0.4, 0.5) is 0 Å². The highest BCUT2D eigenvalue weighted by molar-refractivity contribution is 5.98. The number of hydrogen-bond acceptors (Lipinski definition) is 5. The van der Waals surface area contributed by atoms with E-state index < -0.39 is 6.04 Å². The van der Waals surface area contributed by atoms with Crippen LogP contribution in [0.15, 0.2) is 48.5 Å². The van der Waals surface area contributed by atoms with Gasteiger partial charge >= 0.3 is 0 Å². The lowest BCUT2D eigenvalue weighted by Gasteiger charge is -2.23. The predicted octanol–water partition coefficient (Wildman–Crippen LogP) is 2.70. The summed E-state index contributed by atoms with van der Waals surface area (Å²) in [4.78, 5) is 25.4. The van der Waals surface area contributed by atoms with E-state index in [1.54, 1.807) is 18.2 Å². The van der Waals surface area contributed by atoms with E-state index >= 15 is 0 Å². The number of benzene rings is 2. The zero-order chi connectivity index (χ0) is 21.4. The minimum Gasteiger partial charge on any atom is -0.497 e. The lowest BCUT2D eigenvalue weighted by atomic mass is 10.0. The van der Waals surface area contributed by atoms with Gasteiger partial charge in [-0.2, -0.15) is 0 Å². The Morgan fingerprint density at radius 2 is 1.57 bits per heavy atom. The lowest BCUT2D eigenvalue weighted by molar-refractivity contribution is -0.124. The molecule has 2 aromatic rings. The number of methoxy groups -OCH3 is 2. The summed E-state index contributed by atoms with van der Waals surface area (Å²) in [5.41, 5.74) is 7.43. The third kappa shape index (κ3) is 6.93. The zero-order valence-electron chi connectivity index (χ0n) is 17.7. The minimum atomic E-state index is -0.706. The second-order valence-corrected chi connectivity index (χ2v) is 7.06. The van der Waals surface area contributed by atoms with Gasteiger partial charge in [0, 0.05) is 24.2 Å². The normalized spacial score (nSPS) is 12.3. The van der Waals surface area contributed by atoms with Gasteiger partial charge in [0.2, 0.25) is 5.91 Å². The fourth-order valence-electron chi connectivity index (χ4n) is 2.84.